The van der Waals surface area contributed by atoms with E-state index in [1.54, 1.807) is 29.2 Å². The van der Waals surface area contributed by atoms with Crippen molar-refractivity contribution in [2.45, 2.75) is 52.2 Å². The number of rotatable bonds is 10. The molecule has 8 heteroatoms. The number of hydrogen-bond acceptors (Lipinski definition) is 6. The minimum atomic E-state index is -0.703. The lowest BCUT2D eigenvalue weighted by Gasteiger charge is -2.33. The van der Waals surface area contributed by atoms with Crippen molar-refractivity contribution in [3.05, 3.63) is 24.3 Å². The van der Waals surface area contributed by atoms with Gasteiger partial charge in [0, 0.05) is 18.8 Å². The number of hydrogen-bond donors (Lipinski definition) is 2. The van der Waals surface area contributed by atoms with Crippen LogP contribution < -0.4 is 15.4 Å². The minimum Gasteiger partial charge on any atom is -0.491 e. The van der Waals surface area contributed by atoms with Crippen molar-refractivity contribution in [2.24, 2.45) is 0 Å². The van der Waals surface area contributed by atoms with Gasteiger partial charge in [-0.15, -0.1) is 0 Å². The standard InChI is InChI=1S/C21H31N3O5/c1-4-5-12-28-20(26)13-18-21(27)22-10-11-24(18)14-19(25)23-16-6-8-17(9-7-16)29-15(2)3/h6-9,15,18H,4-5,10-14H2,1-3H3,(H,22,27)(H,23,25). The SMILES string of the molecule is CCCCOC(=O)CC1C(=O)NCCN1CC(=O)Nc1ccc(OC(C)C)cc1. The van der Waals surface area contributed by atoms with Crippen molar-refractivity contribution in [1.29, 1.82) is 0 Å². The summed E-state index contributed by atoms with van der Waals surface area (Å²) in [7, 11) is 0. The smallest absolute Gasteiger partial charge is 0.307 e. The first kappa shape index (κ1) is 22.7. The van der Waals surface area contributed by atoms with Crippen LogP contribution in [0.5, 0.6) is 5.75 Å². The quantitative estimate of drug-likeness (QED) is 0.456. The number of carbonyl (C=O) groups is 3. The summed E-state index contributed by atoms with van der Waals surface area (Å²) in [4.78, 5) is 38.4. The van der Waals surface area contributed by atoms with Crippen LogP contribution >= 0.6 is 0 Å². The molecular formula is C21H31N3O5. The van der Waals surface area contributed by atoms with E-state index in [9.17, 15) is 14.4 Å². The van der Waals surface area contributed by atoms with Crippen LogP contribution in [-0.2, 0) is 19.1 Å². The number of unbranched alkanes of at least 4 members (excludes halogenated alkanes) is 1. The number of amides is 2. The molecule has 0 bridgehead atoms. The third-order valence-electron chi connectivity index (χ3n) is 4.42. The van der Waals surface area contributed by atoms with Gasteiger partial charge in [0.1, 0.15) is 11.8 Å². The van der Waals surface area contributed by atoms with Crippen molar-refractivity contribution >= 4 is 23.5 Å². The molecule has 0 saturated carbocycles. The molecule has 1 unspecified atom stereocenters. The van der Waals surface area contributed by atoms with Crippen LogP contribution in [0.15, 0.2) is 24.3 Å². The number of anilines is 1. The molecule has 1 aliphatic heterocycles. The largest absolute Gasteiger partial charge is 0.491 e. The van der Waals surface area contributed by atoms with Crippen LogP contribution in [0.4, 0.5) is 5.69 Å². The predicted molar refractivity (Wildman–Crippen MR) is 110 cm³/mol. The molecule has 1 saturated heterocycles. The van der Waals surface area contributed by atoms with Crippen molar-refractivity contribution in [3.63, 3.8) is 0 Å². The third kappa shape index (κ3) is 7.73. The van der Waals surface area contributed by atoms with E-state index in [4.69, 9.17) is 9.47 Å². The number of carbonyl (C=O) groups excluding carboxylic acids is 3. The fourth-order valence-corrected chi connectivity index (χ4v) is 2.99. The number of benzene rings is 1. The lowest BCUT2D eigenvalue weighted by atomic mass is 10.1. The van der Waals surface area contributed by atoms with E-state index < -0.39 is 12.0 Å². The van der Waals surface area contributed by atoms with Gasteiger partial charge in [0.15, 0.2) is 0 Å². The zero-order valence-electron chi connectivity index (χ0n) is 17.4. The maximum absolute atomic E-state index is 12.5. The highest BCUT2D eigenvalue weighted by molar-refractivity contribution is 5.93. The average molecular weight is 405 g/mol. The van der Waals surface area contributed by atoms with Crippen LogP contribution in [0.1, 0.15) is 40.0 Å². The molecule has 2 amide bonds. The van der Waals surface area contributed by atoms with Crippen molar-refractivity contribution in [2.75, 3.05) is 31.6 Å². The average Bonchev–Trinajstić information content (AvgIpc) is 2.66. The zero-order valence-corrected chi connectivity index (χ0v) is 17.4. The highest BCUT2D eigenvalue weighted by Crippen LogP contribution is 2.17. The summed E-state index contributed by atoms with van der Waals surface area (Å²) in [5.74, 6) is -0.202. The molecule has 1 aromatic rings. The molecule has 0 spiro atoms. The van der Waals surface area contributed by atoms with Gasteiger partial charge < -0.3 is 20.1 Å². The predicted octanol–water partition coefficient (Wildman–Crippen LogP) is 1.95. The van der Waals surface area contributed by atoms with Gasteiger partial charge in [-0.3, -0.25) is 19.3 Å². The fraction of sp³-hybridized carbons (Fsp3) is 0.571. The Kier molecular flexibility index (Phi) is 8.92. The van der Waals surface area contributed by atoms with Gasteiger partial charge in [-0.2, -0.15) is 0 Å². The van der Waals surface area contributed by atoms with Crippen molar-refractivity contribution in [1.82, 2.24) is 10.2 Å². The highest BCUT2D eigenvalue weighted by atomic mass is 16.5. The summed E-state index contributed by atoms with van der Waals surface area (Å²) < 4.78 is 10.7. The lowest BCUT2D eigenvalue weighted by Crippen LogP contribution is -2.57. The molecule has 1 aliphatic rings. The van der Waals surface area contributed by atoms with Crippen LogP contribution in [-0.4, -0.2) is 61.1 Å². The monoisotopic (exact) mass is 405 g/mol. The van der Waals surface area contributed by atoms with Gasteiger partial charge in [0.05, 0.1) is 25.7 Å². The van der Waals surface area contributed by atoms with E-state index in [0.717, 1.165) is 18.6 Å². The highest BCUT2D eigenvalue weighted by Gasteiger charge is 2.33. The summed E-state index contributed by atoms with van der Waals surface area (Å²) in [6, 6.07) is 6.41. The molecular weight excluding hydrogens is 374 g/mol. The van der Waals surface area contributed by atoms with Gasteiger partial charge in [-0.1, -0.05) is 13.3 Å². The molecule has 1 fully saturated rings. The van der Waals surface area contributed by atoms with Crippen LogP contribution in [0, 0.1) is 0 Å². The molecule has 29 heavy (non-hydrogen) atoms. The van der Waals surface area contributed by atoms with Gasteiger partial charge in [-0.25, -0.2) is 0 Å². The second kappa shape index (κ2) is 11.4. The molecule has 8 nitrogen and oxygen atoms in total. The molecule has 1 atom stereocenters. The zero-order chi connectivity index (χ0) is 21.2. The lowest BCUT2D eigenvalue weighted by molar-refractivity contribution is -0.149. The molecule has 0 radical (unpaired) electrons. The number of nitrogens with one attached hydrogen (secondary N) is 2. The second-order valence-electron chi connectivity index (χ2n) is 7.29. The van der Waals surface area contributed by atoms with E-state index in [1.807, 2.05) is 20.8 Å². The van der Waals surface area contributed by atoms with Gasteiger partial charge in [0.25, 0.3) is 0 Å². The Balaban J connectivity index is 1.90. The Labute approximate surface area is 171 Å². The number of esters is 1. The fourth-order valence-electron chi connectivity index (χ4n) is 2.99. The molecule has 0 aliphatic carbocycles. The summed E-state index contributed by atoms with van der Waals surface area (Å²) in [5.41, 5.74) is 0.642. The van der Waals surface area contributed by atoms with E-state index in [-0.39, 0.29) is 30.9 Å². The first-order valence-corrected chi connectivity index (χ1v) is 10.1. The number of nitrogens with zero attached hydrogens (tertiary/aromatic N) is 1. The van der Waals surface area contributed by atoms with E-state index in [2.05, 4.69) is 10.6 Å². The molecule has 1 aromatic carbocycles. The maximum Gasteiger partial charge on any atom is 0.307 e. The maximum atomic E-state index is 12.5. The van der Waals surface area contributed by atoms with Gasteiger partial charge in [-0.05, 0) is 44.5 Å². The summed E-state index contributed by atoms with van der Waals surface area (Å²) >= 11 is 0. The van der Waals surface area contributed by atoms with Crippen molar-refractivity contribution < 1.29 is 23.9 Å². The summed E-state index contributed by atoms with van der Waals surface area (Å²) in [5, 5.41) is 5.56. The number of ether oxygens (including phenoxy) is 2. The molecule has 0 aromatic heterocycles. The van der Waals surface area contributed by atoms with Crippen LogP contribution in [0.2, 0.25) is 0 Å². The molecule has 160 valence electrons. The first-order valence-electron chi connectivity index (χ1n) is 10.1. The van der Waals surface area contributed by atoms with Crippen LogP contribution in [0.25, 0.3) is 0 Å². The van der Waals surface area contributed by atoms with Crippen LogP contribution in [0.3, 0.4) is 0 Å². The van der Waals surface area contributed by atoms with E-state index >= 15 is 0 Å². The topological polar surface area (TPSA) is 97.0 Å². The number of piperazine rings is 1. The van der Waals surface area contributed by atoms with E-state index in [0.29, 0.717) is 25.4 Å². The Morgan fingerprint density at radius 1 is 1.28 bits per heavy atom. The van der Waals surface area contributed by atoms with Gasteiger partial charge >= 0.3 is 5.97 Å². The first-order chi connectivity index (χ1) is 13.9. The van der Waals surface area contributed by atoms with Gasteiger partial charge in [0.2, 0.25) is 11.8 Å². The second-order valence-corrected chi connectivity index (χ2v) is 7.29. The van der Waals surface area contributed by atoms with E-state index in [1.165, 1.54) is 0 Å². The Bertz CT molecular complexity index is 690. The molecule has 1 heterocycles. The normalized spacial score (nSPS) is 17.0. The molecule has 2 rings (SSSR count). The Morgan fingerprint density at radius 3 is 2.66 bits per heavy atom. The summed E-state index contributed by atoms with van der Waals surface area (Å²) in [6.07, 6.45) is 1.72. The Hall–Kier alpha value is -2.61. The molecule has 2 N–H and O–H groups in total. The van der Waals surface area contributed by atoms with Crippen molar-refractivity contribution in [3.8, 4) is 5.75 Å². The Morgan fingerprint density at radius 2 is 2.00 bits per heavy atom. The minimum absolute atomic E-state index is 0.0184. The third-order valence-corrected chi connectivity index (χ3v) is 4.42. The summed E-state index contributed by atoms with van der Waals surface area (Å²) in [6.45, 7) is 7.20.